The highest BCUT2D eigenvalue weighted by atomic mass is 16.3. The molecule has 1 nitrogen and oxygen atoms in total. The average molecular weight is 633 g/mol. The number of hydrogen-bond donors (Lipinski definition) is 0. The van der Waals surface area contributed by atoms with Crippen molar-refractivity contribution in [2.75, 3.05) is 0 Å². The van der Waals surface area contributed by atoms with E-state index in [4.69, 9.17) is 4.42 Å². The predicted octanol–water partition coefficient (Wildman–Crippen LogP) is 13.3. The van der Waals surface area contributed by atoms with Gasteiger partial charge in [-0.05, 0) is 111 Å². The minimum absolute atomic E-state index is 0.382. The quantitative estimate of drug-likeness (QED) is 0.176. The average Bonchev–Trinajstić information content (AvgIpc) is 3.58. The topological polar surface area (TPSA) is 13.1 Å². The molecule has 3 aliphatic carbocycles. The number of furan rings is 1. The predicted molar refractivity (Wildman–Crippen MR) is 205 cm³/mol. The molecule has 1 heterocycles. The number of fused-ring (bicyclic) bond motifs is 7. The zero-order valence-corrected chi connectivity index (χ0v) is 27.8. The molecule has 1 fully saturated rings. The number of allylic oxidation sites excluding steroid dienone is 3. The number of benzene rings is 6. The molecule has 0 aliphatic heterocycles. The largest absolute Gasteiger partial charge is 0.456 e. The minimum atomic E-state index is 0.382. The molecule has 0 N–H and O–H groups in total. The molecule has 1 heteroatoms. The second-order valence-corrected chi connectivity index (χ2v) is 14.7. The van der Waals surface area contributed by atoms with Crippen molar-refractivity contribution in [2.24, 2.45) is 5.92 Å². The third kappa shape index (κ3) is 4.98. The van der Waals surface area contributed by atoms with Crippen molar-refractivity contribution in [3.63, 3.8) is 0 Å². The van der Waals surface area contributed by atoms with Gasteiger partial charge in [-0.2, -0.15) is 0 Å². The molecule has 0 bridgehead atoms. The molecule has 6 aromatic carbocycles. The summed E-state index contributed by atoms with van der Waals surface area (Å²) in [6, 6.07) is 47.8. The molecule has 10 rings (SSSR count). The highest BCUT2D eigenvalue weighted by Gasteiger charge is 2.36. The Balaban J connectivity index is 1.14. The van der Waals surface area contributed by atoms with Gasteiger partial charge in [0.1, 0.15) is 11.3 Å². The van der Waals surface area contributed by atoms with Crippen LogP contribution in [0.15, 0.2) is 150 Å². The first kappa shape index (κ1) is 28.8. The van der Waals surface area contributed by atoms with Crippen LogP contribution in [-0.2, 0) is 0 Å². The van der Waals surface area contributed by atoms with Crippen LogP contribution in [0.25, 0.3) is 49.7 Å². The zero-order chi connectivity index (χ0) is 32.3. The van der Waals surface area contributed by atoms with Gasteiger partial charge in [0.25, 0.3) is 0 Å². The van der Waals surface area contributed by atoms with E-state index in [2.05, 4.69) is 152 Å². The summed E-state index contributed by atoms with van der Waals surface area (Å²) in [6.07, 6.45) is 15.1. The third-order valence-electron chi connectivity index (χ3n) is 12.0. The van der Waals surface area contributed by atoms with Crippen LogP contribution in [0.4, 0.5) is 0 Å². The summed E-state index contributed by atoms with van der Waals surface area (Å²) in [4.78, 5) is 0. The van der Waals surface area contributed by atoms with Crippen molar-refractivity contribution in [3.05, 3.63) is 174 Å². The van der Waals surface area contributed by atoms with Crippen LogP contribution in [0, 0.1) is 5.92 Å². The van der Waals surface area contributed by atoms with Crippen LogP contribution >= 0.6 is 0 Å². The van der Waals surface area contributed by atoms with E-state index in [1.54, 1.807) is 0 Å². The van der Waals surface area contributed by atoms with Crippen molar-refractivity contribution in [1.29, 1.82) is 0 Å². The van der Waals surface area contributed by atoms with Gasteiger partial charge in [-0.15, -0.1) is 0 Å². The molecular weight excluding hydrogens is 593 g/mol. The molecule has 3 aliphatic rings. The first-order valence-corrected chi connectivity index (χ1v) is 18.2. The Bertz CT molecular complexity index is 2320. The maximum Gasteiger partial charge on any atom is 0.139 e. The van der Waals surface area contributed by atoms with Gasteiger partial charge in [-0.1, -0.05) is 146 Å². The van der Waals surface area contributed by atoms with Crippen molar-refractivity contribution in [2.45, 2.75) is 55.8 Å². The highest BCUT2D eigenvalue weighted by molar-refractivity contribution is 6.01. The van der Waals surface area contributed by atoms with Crippen LogP contribution in [0.5, 0.6) is 0 Å². The first-order valence-electron chi connectivity index (χ1n) is 18.2. The lowest BCUT2D eigenvalue weighted by Gasteiger charge is -2.36. The van der Waals surface area contributed by atoms with Gasteiger partial charge in [0, 0.05) is 16.9 Å². The summed E-state index contributed by atoms with van der Waals surface area (Å²) in [5.41, 5.74) is 9.44. The maximum atomic E-state index is 7.07. The fourth-order valence-corrected chi connectivity index (χ4v) is 9.57. The van der Waals surface area contributed by atoms with E-state index in [0.29, 0.717) is 29.6 Å². The van der Waals surface area contributed by atoms with Crippen LogP contribution in [0.3, 0.4) is 0 Å². The van der Waals surface area contributed by atoms with Crippen molar-refractivity contribution in [1.82, 2.24) is 0 Å². The smallest absolute Gasteiger partial charge is 0.139 e. The monoisotopic (exact) mass is 632 g/mol. The second-order valence-electron chi connectivity index (χ2n) is 14.7. The summed E-state index contributed by atoms with van der Waals surface area (Å²) in [5, 5.41) is 6.64. The molecule has 4 atom stereocenters. The van der Waals surface area contributed by atoms with Gasteiger partial charge in [0.15, 0.2) is 0 Å². The summed E-state index contributed by atoms with van der Waals surface area (Å²) in [6.45, 7) is 0. The molecule has 4 unspecified atom stereocenters. The van der Waals surface area contributed by atoms with Gasteiger partial charge in [0.05, 0.1) is 0 Å². The van der Waals surface area contributed by atoms with Gasteiger partial charge < -0.3 is 4.42 Å². The van der Waals surface area contributed by atoms with Gasteiger partial charge in [-0.3, -0.25) is 0 Å². The molecule has 1 aromatic heterocycles. The first-order chi connectivity index (χ1) is 24.3. The summed E-state index contributed by atoms with van der Waals surface area (Å²) in [5.74, 6) is 3.28. The van der Waals surface area contributed by atoms with Gasteiger partial charge in [0.2, 0.25) is 0 Å². The maximum absolute atomic E-state index is 7.07. The molecule has 1 saturated carbocycles. The standard InChI is InChI=1S/C48H40O/c1-2-12-33(13-3-1)43-23-24-44(48-47(43)46-42-17-9-8-14-34(42)22-25-45(46)49-48)41-29-39(37-20-18-31-10-4-6-15-35(31)26-37)28-40(30-41)38-21-19-32-11-5-7-16-36(32)27-38/h1-8,10-16,18-27,34,39-42H,9,17,28-30H2. The van der Waals surface area contributed by atoms with Gasteiger partial charge >= 0.3 is 0 Å². The fourth-order valence-electron chi connectivity index (χ4n) is 9.57. The Morgan fingerprint density at radius 2 is 1.18 bits per heavy atom. The van der Waals surface area contributed by atoms with E-state index in [1.165, 1.54) is 66.7 Å². The lowest BCUT2D eigenvalue weighted by atomic mass is 9.68. The normalized spacial score (nSPS) is 23.1. The van der Waals surface area contributed by atoms with Crippen LogP contribution < -0.4 is 0 Å². The molecular formula is C48H40O. The highest BCUT2D eigenvalue weighted by Crippen LogP contribution is 2.53. The van der Waals surface area contributed by atoms with Crippen molar-refractivity contribution >= 4 is 38.6 Å². The molecule has 49 heavy (non-hydrogen) atoms. The van der Waals surface area contributed by atoms with E-state index in [0.717, 1.165) is 37.0 Å². The molecule has 0 radical (unpaired) electrons. The number of rotatable bonds is 4. The Labute approximate surface area is 288 Å². The SMILES string of the molecule is C1=CC2C=Cc3oc4c(C5CC(c6ccc7ccccc7c6)CC(c6ccc7ccccc7c6)C5)ccc(-c5ccccc5)c4c3C2CC1. The zero-order valence-electron chi connectivity index (χ0n) is 27.8. The van der Waals surface area contributed by atoms with Crippen LogP contribution in [-0.4, -0.2) is 0 Å². The summed E-state index contributed by atoms with van der Waals surface area (Å²) >= 11 is 0. The lowest BCUT2D eigenvalue weighted by molar-refractivity contribution is 0.351. The number of hydrogen-bond acceptors (Lipinski definition) is 1. The molecule has 0 saturated heterocycles. The Kier molecular flexibility index (Phi) is 6.93. The van der Waals surface area contributed by atoms with E-state index < -0.39 is 0 Å². The Morgan fingerprint density at radius 3 is 1.88 bits per heavy atom. The minimum Gasteiger partial charge on any atom is -0.456 e. The van der Waals surface area contributed by atoms with E-state index in [-0.39, 0.29) is 0 Å². The third-order valence-corrected chi connectivity index (χ3v) is 12.0. The summed E-state index contributed by atoms with van der Waals surface area (Å²) < 4.78 is 7.07. The fraction of sp³-hybridized carbons (Fsp3) is 0.208. The van der Waals surface area contributed by atoms with Crippen LogP contribution in [0.2, 0.25) is 0 Å². The Hall–Kier alpha value is -5.14. The van der Waals surface area contributed by atoms with Crippen molar-refractivity contribution in [3.8, 4) is 11.1 Å². The summed E-state index contributed by atoms with van der Waals surface area (Å²) in [7, 11) is 0. The van der Waals surface area contributed by atoms with E-state index in [1.807, 2.05) is 0 Å². The van der Waals surface area contributed by atoms with E-state index in [9.17, 15) is 0 Å². The van der Waals surface area contributed by atoms with E-state index >= 15 is 0 Å². The van der Waals surface area contributed by atoms with Crippen LogP contribution in [0.1, 0.15) is 83.8 Å². The van der Waals surface area contributed by atoms with Gasteiger partial charge in [-0.25, -0.2) is 0 Å². The lowest BCUT2D eigenvalue weighted by Crippen LogP contribution is -2.20. The Morgan fingerprint density at radius 1 is 0.551 bits per heavy atom. The molecule has 238 valence electrons. The molecule has 0 amide bonds. The molecule has 0 spiro atoms. The molecule has 7 aromatic rings. The second kappa shape index (κ2) is 11.8. The van der Waals surface area contributed by atoms with Crippen molar-refractivity contribution < 1.29 is 4.42 Å².